The molecule has 0 saturated heterocycles. The van der Waals surface area contributed by atoms with Gasteiger partial charge in [-0.15, -0.1) is 0 Å². The number of carbonyl (C=O) groups excluding carboxylic acids is 3. The predicted octanol–water partition coefficient (Wildman–Crippen LogP) is 2.13. The molecule has 1 aromatic rings. The van der Waals surface area contributed by atoms with Crippen molar-refractivity contribution in [3.8, 4) is 0 Å². The van der Waals surface area contributed by atoms with E-state index in [1.54, 1.807) is 24.3 Å². The normalized spacial score (nSPS) is 20.3. The molecule has 0 fully saturated rings. The second-order valence-corrected chi connectivity index (χ2v) is 5.59. The van der Waals surface area contributed by atoms with Gasteiger partial charge in [-0.05, 0) is 12.1 Å². The maximum absolute atomic E-state index is 12.2. The molecular weight excluding hydrogens is 392 g/mol. The van der Waals surface area contributed by atoms with Crippen molar-refractivity contribution >= 4 is 45.4 Å². The van der Waals surface area contributed by atoms with E-state index in [9.17, 15) is 14.4 Å². The van der Waals surface area contributed by atoms with E-state index in [-0.39, 0.29) is 10.9 Å². The van der Waals surface area contributed by atoms with Crippen molar-refractivity contribution in [3.05, 3.63) is 46.0 Å². The molecule has 0 spiro atoms. The molecule has 0 aromatic heterocycles. The molecular formula is C15H12BrClO6. The highest BCUT2D eigenvalue weighted by atomic mass is 79.9. The highest BCUT2D eigenvalue weighted by Gasteiger charge is 2.54. The van der Waals surface area contributed by atoms with Gasteiger partial charge in [0.2, 0.25) is 0 Å². The van der Waals surface area contributed by atoms with Gasteiger partial charge in [-0.2, -0.15) is 0 Å². The van der Waals surface area contributed by atoms with Crippen LogP contribution < -0.4 is 0 Å². The number of rotatable bonds is 4. The Balaban J connectivity index is 2.74. The van der Waals surface area contributed by atoms with Gasteiger partial charge in [-0.25, -0.2) is 14.4 Å². The van der Waals surface area contributed by atoms with Gasteiger partial charge < -0.3 is 14.2 Å². The molecule has 1 atom stereocenters. The van der Waals surface area contributed by atoms with Crippen molar-refractivity contribution in [1.82, 2.24) is 0 Å². The van der Waals surface area contributed by atoms with Gasteiger partial charge in [-0.3, -0.25) is 0 Å². The Kier molecular flexibility index (Phi) is 5.11. The van der Waals surface area contributed by atoms with Crippen molar-refractivity contribution in [1.29, 1.82) is 0 Å². The van der Waals surface area contributed by atoms with Gasteiger partial charge >= 0.3 is 17.9 Å². The van der Waals surface area contributed by atoms with Gasteiger partial charge in [0.05, 0.1) is 19.5 Å². The number of hydrogen-bond acceptors (Lipinski definition) is 6. The zero-order valence-corrected chi connectivity index (χ0v) is 14.6. The predicted molar refractivity (Wildman–Crippen MR) is 84.1 cm³/mol. The summed E-state index contributed by atoms with van der Waals surface area (Å²) in [6, 6.07) is 6.36. The molecule has 1 heterocycles. The number of benzene rings is 1. The van der Waals surface area contributed by atoms with Crippen LogP contribution in [0.2, 0.25) is 5.02 Å². The molecule has 2 rings (SSSR count). The standard InChI is InChI=1S/C15H12BrClO6/c1-21-12(18)10-11(14(20)22-2)15(7-16,23-13(10)19)8-3-5-9(17)6-4-8/h3-6H,7H2,1-2H3. The maximum Gasteiger partial charge on any atom is 0.347 e. The molecule has 1 aromatic carbocycles. The zero-order chi connectivity index (χ0) is 17.2. The number of alkyl halides is 1. The lowest BCUT2D eigenvalue weighted by atomic mass is 9.86. The van der Waals surface area contributed by atoms with E-state index >= 15 is 0 Å². The van der Waals surface area contributed by atoms with Crippen LogP contribution in [-0.2, 0) is 34.2 Å². The molecule has 0 bridgehead atoms. The first-order valence-electron chi connectivity index (χ1n) is 6.38. The van der Waals surface area contributed by atoms with Crippen LogP contribution in [0.15, 0.2) is 35.4 Å². The molecule has 1 aliphatic rings. The minimum atomic E-state index is -1.50. The average Bonchev–Trinajstić information content (AvgIpc) is 2.87. The minimum Gasteiger partial charge on any atom is -0.466 e. The Morgan fingerprint density at radius 3 is 2.22 bits per heavy atom. The topological polar surface area (TPSA) is 78.9 Å². The van der Waals surface area contributed by atoms with Gasteiger partial charge in [-0.1, -0.05) is 39.7 Å². The SMILES string of the molecule is COC(=O)C1=C(C(=O)OC)C(CBr)(c2ccc(Cl)cc2)OC1=O. The lowest BCUT2D eigenvalue weighted by Gasteiger charge is -2.28. The molecule has 0 saturated carbocycles. The summed E-state index contributed by atoms with van der Waals surface area (Å²) in [5.74, 6) is -2.77. The third kappa shape index (κ3) is 2.86. The molecule has 1 aliphatic heterocycles. The minimum absolute atomic E-state index is 0.0400. The van der Waals surface area contributed by atoms with Crippen molar-refractivity contribution in [2.75, 3.05) is 19.5 Å². The molecule has 0 amide bonds. The Hall–Kier alpha value is -1.86. The van der Waals surface area contributed by atoms with E-state index in [1.807, 2.05) is 0 Å². The van der Waals surface area contributed by atoms with Gasteiger partial charge in [0, 0.05) is 10.6 Å². The third-order valence-corrected chi connectivity index (χ3v) is 4.44. The van der Waals surface area contributed by atoms with Crippen LogP contribution in [0.25, 0.3) is 0 Å². The Morgan fingerprint density at radius 1 is 1.17 bits per heavy atom. The Morgan fingerprint density at radius 2 is 1.74 bits per heavy atom. The lowest BCUT2D eigenvalue weighted by Crippen LogP contribution is -2.35. The van der Waals surface area contributed by atoms with Crippen molar-refractivity contribution in [3.63, 3.8) is 0 Å². The first-order valence-corrected chi connectivity index (χ1v) is 7.88. The second kappa shape index (κ2) is 6.72. The number of ether oxygens (including phenoxy) is 3. The summed E-state index contributed by atoms with van der Waals surface area (Å²) in [6.45, 7) is 0. The highest BCUT2D eigenvalue weighted by molar-refractivity contribution is 9.09. The van der Waals surface area contributed by atoms with Crippen LogP contribution in [0.5, 0.6) is 0 Å². The summed E-state index contributed by atoms with van der Waals surface area (Å²) < 4.78 is 14.7. The van der Waals surface area contributed by atoms with Gasteiger partial charge in [0.25, 0.3) is 0 Å². The van der Waals surface area contributed by atoms with E-state index in [2.05, 4.69) is 20.7 Å². The molecule has 122 valence electrons. The van der Waals surface area contributed by atoms with E-state index in [1.165, 1.54) is 0 Å². The summed E-state index contributed by atoms with van der Waals surface area (Å²) in [4.78, 5) is 36.3. The molecule has 23 heavy (non-hydrogen) atoms. The van der Waals surface area contributed by atoms with Crippen molar-refractivity contribution in [2.45, 2.75) is 5.60 Å². The fraction of sp³-hybridized carbons (Fsp3) is 0.267. The van der Waals surface area contributed by atoms with Crippen LogP contribution in [0, 0.1) is 0 Å². The van der Waals surface area contributed by atoms with Crippen LogP contribution >= 0.6 is 27.5 Å². The molecule has 6 nitrogen and oxygen atoms in total. The van der Waals surface area contributed by atoms with E-state index < -0.39 is 29.1 Å². The molecule has 0 aliphatic carbocycles. The summed E-state index contributed by atoms with van der Waals surface area (Å²) in [7, 11) is 2.25. The summed E-state index contributed by atoms with van der Waals surface area (Å²) >= 11 is 9.11. The monoisotopic (exact) mass is 402 g/mol. The number of methoxy groups -OCH3 is 2. The van der Waals surface area contributed by atoms with Gasteiger partial charge in [0.1, 0.15) is 5.57 Å². The van der Waals surface area contributed by atoms with Crippen LogP contribution in [-0.4, -0.2) is 37.5 Å². The molecule has 0 radical (unpaired) electrons. The zero-order valence-electron chi connectivity index (χ0n) is 12.2. The summed E-state index contributed by atoms with van der Waals surface area (Å²) in [5, 5.41) is 0.512. The number of carbonyl (C=O) groups is 3. The molecule has 0 N–H and O–H groups in total. The number of esters is 3. The largest absolute Gasteiger partial charge is 0.466 e. The molecule has 1 unspecified atom stereocenters. The van der Waals surface area contributed by atoms with Crippen LogP contribution in [0.1, 0.15) is 5.56 Å². The van der Waals surface area contributed by atoms with E-state index in [0.29, 0.717) is 10.6 Å². The fourth-order valence-corrected chi connectivity index (χ4v) is 3.16. The van der Waals surface area contributed by atoms with Crippen molar-refractivity contribution in [2.24, 2.45) is 0 Å². The number of halogens is 2. The average molecular weight is 404 g/mol. The lowest BCUT2D eigenvalue weighted by molar-refractivity contribution is -0.149. The fourth-order valence-electron chi connectivity index (χ4n) is 2.31. The Bertz CT molecular complexity index is 696. The molecule has 8 heteroatoms. The second-order valence-electron chi connectivity index (χ2n) is 4.59. The number of cyclic esters (lactones) is 1. The van der Waals surface area contributed by atoms with Crippen molar-refractivity contribution < 1.29 is 28.6 Å². The van der Waals surface area contributed by atoms with Crippen LogP contribution in [0.3, 0.4) is 0 Å². The summed E-state index contributed by atoms with van der Waals surface area (Å²) in [5.41, 5.74) is -1.73. The van der Waals surface area contributed by atoms with E-state index in [4.69, 9.17) is 21.1 Å². The first kappa shape index (κ1) is 17.5. The van der Waals surface area contributed by atoms with Gasteiger partial charge in [0.15, 0.2) is 11.2 Å². The quantitative estimate of drug-likeness (QED) is 0.332. The number of hydrogen-bond donors (Lipinski definition) is 0. The Labute approximate surface area is 145 Å². The van der Waals surface area contributed by atoms with E-state index in [0.717, 1.165) is 14.2 Å². The smallest absolute Gasteiger partial charge is 0.347 e. The highest BCUT2D eigenvalue weighted by Crippen LogP contribution is 2.44. The first-order chi connectivity index (χ1) is 10.9. The third-order valence-electron chi connectivity index (χ3n) is 3.40. The maximum atomic E-state index is 12.2. The summed E-state index contributed by atoms with van der Waals surface area (Å²) in [6.07, 6.45) is 0. The van der Waals surface area contributed by atoms with Crippen LogP contribution in [0.4, 0.5) is 0 Å².